The number of hydrogen-bond donors (Lipinski definition) is 2. The average Bonchev–Trinajstić information content (AvgIpc) is 2.44. The predicted molar refractivity (Wildman–Crippen MR) is 86.0 cm³/mol. The third-order valence-corrected chi connectivity index (χ3v) is 3.27. The van der Waals surface area contributed by atoms with Crippen molar-refractivity contribution in [1.82, 2.24) is 5.32 Å². The minimum Gasteiger partial charge on any atom is -0.384 e. The number of aliphatic hydroxyl groups excluding tert-OH is 1. The molecule has 0 saturated carbocycles. The third-order valence-electron chi connectivity index (χ3n) is 3.27. The van der Waals surface area contributed by atoms with Gasteiger partial charge >= 0.3 is 0 Å². The minimum atomic E-state index is -0.207. The fourth-order valence-electron chi connectivity index (χ4n) is 2.13. The molecule has 21 heavy (non-hydrogen) atoms. The molecule has 114 valence electrons. The van der Waals surface area contributed by atoms with Gasteiger partial charge in [0.25, 0.3) is 5.91 Å². The van der Waals surface area contributed by atoms with Gasteiger partial charge in [0, 0.05) is 11.6 Å². The zero-order valence-electron chi connectivity index (χ0n) is 13.1. The molecule has 0 aliphatic rings. The number of benzene rings is 1. The van der Waals surface area contributed by atoms with Gasteiger partial charge in [-0.25, -0.2) is 0 Å². The van der Waals surface area contributed by atoms with Gasteiger partial charge in [0.05, 0.1) is 5.56 Å². The number of amides is 1. The third kappa shape index (κ3) is 6.46. The quantitative estimate of drug-likeness (QED) is 0.790. The molecule has 1 rings (SSSR count). The Morgan fingerprint density at radius 2 is 1.95 bits per heavy atom. The normalized spacial score (nSPS) is 11.7. The van der Waals surface area contributed by atoms with Gasteiger partial charge in [0.1, 0.15) is 6.61 Å². The van der Waals surface area contributed by atoms with Crippen molar-refractivity contribution in [3.05, 3.63) is 35.4 Å². The van der Waals surface area contributed by atoms with Gasteiger partial charge in [-0.15, -0.1) is 0 Å². The fraction of sp³-hybridized carbons (Fsp3) is 0.500. The van der Waals surface area contributed by atoms with Crippen LogP contribution in [0.15, 0.2) is 24.3 Å². The summed E-state index contributed by atoms with van der Waals surface area (Å²) in [6.45, 7) is 6.24. The van der Waals surface area contributed by atoms with Gasteiger partial charge in [-0.1, -0.05) is 50.7 Å². The van der Waals surface area contributed by atoms with Crippen molar-refractivity contribution < 1.29 is 9.90 Å². The summed E-state index contributed by atoms with van der Waals surface area (Å²) in [4.78, 5) is 12.3. The molecular formula is C18H25NO2. The first kappa shape index (κ1) is 17.3. The van der Waals surface area contributed by atoms with Crippen molar-refractivity contribution in [2.24, 2.45) is 5.92 Å². The van der Waals surface area contributed by atoms with Gasteiger partial charge in [-0.3, -0.25) is 4.79 Å². The molecule has 0 saturated heterocycles. The molecule has 1 atom stereocenters. The molecule has 3 nitrogen and oxygen atoms in total. The van der Waals surface area contributed by atoms with E-state index in [9.17, 15) is 4.79 Å². The van der Waals surface area contributed by atoms with Gasteiger partial charge in [0.15, 0.2) is 0 Å². The maximum atomic E-state index is 12.3. The lowest BCUT2D eigenvalue weighted by molar-refractivity contribution is 0.0937. The number of aliphatic hydroxyl groups is 1. The van der Waals surface area contributed by atoms with Gasteiger partial charge in [-0.05, 0) is 31.4 Å². The van der Waals surface area contributed by atoms with Crippen LogP contribution in [0.3, 0.4) is 0 Å². The van der Waals surface area contributed by atoms with Crippen molar-refractivity contribution in [1.29, 1.82) is 0 Å². The summed E-state index contributed by atoms with van der Waals surface area (Å²) in [7, 11) is 0. The van der Waals surface area contributed by atoms with E-state index < -0.39 is 0 Å². The van der Waals surface area contributed by atoms with Crippen LogP contribution < -0.4 is 5.32 Å². The van der Waals surface area contributed by atoms with E-state index in [-0.39, 0.29) is 18.6 Å². The largest absolute Gasteiger partial charge is 0.384 e. The van der Waals surface area contributed by atoms with Gasteiger partial charge in [-0.2, -0.15) is 0 Å². The van der Waals surface area contributed by atoms with Crippen molar-refractivity contribution in [3.8, 4) is 11.8 Å². The van der Waals surface area contributed by atoms with Crippen LogP contribution in [0.5, 0.6) is 0 Å². The SMILES string of the molecule is CC(C)CCCC(C)NC(=O)c1ccccc1C#CCO. The summed E-state index contributed by atoms with van der Waals surface area (Å²) in [6, 6.07) is 7.36. The zero-order valence-corrected chi connectivity index (χ0v) is 13.1. The first-order valence-electron chi connectivity index (χ1n) is 7.54. The Bertz CT molecular complexity index is 511. The molecule has 0 radical (unpaired) electrons. The Hall–Kier alpha value is -1.79. The number of carbonyl (C=O) groups excluding carboxylic acids is 1. The highest BCUT2D eigenvalue weighted by molar-refractivity contribution is 5.96. The number of carbonyl (C=O) groups is 1. The molecule has 0 aliphatic heterocycles. The van der Waals surface area contributed by atoms with E-state index in [0.717, 1.165) is 12.8 Å². The van der Waals surface area contributed by atoms with E-state index in [0.29, 0.717) is 17.0 Å². The maximum Gasteiger partial charge on any atom is 0.252 e. The highest BCUT2D eigenvalue weighted by Gasteiger charge is 2.12. The van der Waals surface area contributed by atoms with Gasteiger partial charge in [0.2, 0.25) is 0 Å². The highest BCUT2D eigenvalue weighted by Crippen LogP contribution is 2.11. The molecule has 3 heteroatoms. The van der Waals surface area contributed by atoms with Crippen LogP contribution in [0, 0.1) is 17.8 Å². The summed E-state index contributed by atoms with van der Waals surface area (Å²) in [5.41, 5.74) is 1.22. The Labute approximate surface area is 127 Å². The molecule has 1 unspecified atom stereocenters. The predicted octanol–water partition coefficient (Wildman–Crippen LogP) is 2.98. The highest BCUT2D eigenvalue weighted by atomic mass is 16.2. The first-order chi connectivity index (χ1) is 10.0. The van der Waals surface area contributed by atoms with Crippen LogP contribution in [-0.4, -0.2) is 23.7 Å². The minimum absolute atomic E-state index is 0.102. The van der Waals surface area contributed by atoms with Crippen molar-refractivity contribution in [2.45, 2.75) is 46.1 Å². The van der Waals surface area contributed by atoms with Crippen LogP contribution in [-0.2, 0) is 0 Å². The van der Waals surface area contributed by atoms with Crippen LogP contribution >= 0.6 is 0 Å². The second-order valence-electron chi connectivity index (χ2n) is 5.70. The van der Waals surface area contributed by atoms with Crippen molar-refractivity contribution in [3.63, 3.8) is 0 Å². The second kappa shape index (κ2) is 9.20. The van der Waals surface area contributed by atoms with Crippen LogP contribution in [0.1, 0.15) is 56.0 Å². The molecule has 1 aromatic carbocycles. The Morgan fingerprint density at radius 3 is 2.62 bits per heavy atom. The molecule has 2 N–H and O–H groups in total. The van der Waals surface area contributed by atoms with Crippen molar-refractivity contribution in [2.75, 3.05) is 6.61 Å². The molecule has 0 spiro atoms. The number of rotatable bonds is 6. The summed E-state index contributed by atoms with van der Waals surface area (Å²) in [6.07, 6.45) is 3.28. The number of hydrogen-bond acceptors (Lipinski definition) is 2. The Morgan fingerprint density at radius 1 is 1.24 bits per heavy atom. The summed E-state index contributed by atoms with van der Waals surface area (Å²) >= 11 is 0. The lowest BCUT2D eigenvalue weighted by Gasteiger charge is -2.15. The molecule has 0 aliphatic carbocycles. The molecule has 0 bridgehead atoms. The van der Waals surface area contributed by atoms with E-state index >= 15 is 0 Å². The topological polar surface area (TPSA) is 49.3 Å². The van der Waals surface area contributed by atoms with Crippen LogP contribution in [0.2, 0.25) is 0 Å². The molecular weight excluding hydrogens is 262 g/mol. The smallest absolute Gasteiger partial charge is 0.252 e. The molecule has 1 aromatic rings. The zero-order chi connectivity index (χ0) is 15.7. The Balaban J connectivity index is 2.63. The second-order valence-corrected chi connectivity index (χ2v) is 5.70. The van der Waals surface area contributed by atoms with E-state index in [1.165, 1.54) is 6.42 Å². The molecule has 0 heterocycles. The maximum absolute atomic E-state index is 12.3. The summed E-state index contributed by atoms with van der Waals surface area (Å²) in [5, 5.41) is 11.8. The van der Waals surface area contributed by atoms with Crippen LogP contribution in [0.4, 0.5) is 0 Å². The first-order valence-corrected chi connectivity index (χ1v) is 7.54. The number of nitrogens with one attached hydrogen (secondary N) is 1. The van der Waals surface area contributed by atoms with E-state index in [1.54, 1.807) is 12.1 Å². The molecule has 1 amide bonds. The van der Waals surface area contributed by atoms with Crippen LogP contribution in [0.25, 0.3) is 0 Å². The summed E-state index contributed by atoms with van der Waals surface area (Å²) in [5.74, 6) is 5.99. The van der Waals surface area contributed by atoms with Gasteiger partial charge < -0.3 is 10.4 Å². The Kier molecular flexibility index (Phi) is 7.56. The lowest BCUT2D eigenvalue weighted by Crippen LogP contribution is -2.33. The lowest BCUT2D eigenvalue weighted by atomic mass is 10.0. The van der Waals surface area contributed by atoms with E-state index in [2.05, 4.69) is 31.0 Å². The monoisotopic (exact) mass is 287 g/mol. The standard InChI is InChI=1S/C18H25NO2/c1-14(2)8-6-9-15(3)19-18(21)17-12-5-4-10-16(17)11-7-13-20/h4-5,10,12,14-15,20H,6,8-9,13H2,1-3H3,(H,19,21). The van der Waals surface area contributed by atoms with E-state index in [1.807, 2.05) is 19.1 Å². The average molecular weight is 287 g/mol. The fourth-order valence-corrected chi connectivity index (χ4v) is 2.13. The van der Waals surface area contributed by atoms with E-state index in [4.69, 9.17) is 5.11 Å². The van der Waals surface area contributed by atoms with Crippen molar-refractivity contribution >= 4 is 5.91 Å². The molecule has 0 aromatic heterocycles. The molecule has 0 fully saturated rings. The summed E-state index contributed by atoms with van der Waals surface area (Å²) < 4.78 is 0.